The Morgan fingerprint density at radius 2 is 1.23 bits per heavy atom. The van der Waals surface area contributed by atoms with Gasteiger partial charge < -0.3 is 40.2 Å². The first-order valence-corrected chi connectivity index (χ1v) is 24.0. The van der Waals surface area contributed by atoms with E-state index in [1.807, 2.05) is 41.3 Å². The molecule has 4 aliphatic rings. The maximum Gasteiger partial charge on any atom is 0.315 e. The number of fused-ring (bicyclic) bond motifs is 1. The molecule has 4 N–H and O–H groups in total. The number of nitrogens with zero attached hydrogens (tertiary/aromatic N) is 3. The summed E-state index contributed by atoms with van der Waals surface area (Å²) in [7, 11) is 1.64. The number of anilines is 1. The number of nitrogens with one attached hydrogen (secondary N) is 4. The van der Waals surface area contributed by atoms with Crippen LogP contribution in [0.4, 0.5) is 10.8 Å². The zero-order valence-corrected chi connectivity index (χ0v) is 37.6. The first kappa shape index (κ1) is 45.1. The normalized spacial score (nSPS) is 24.7. The number of hydrogen-bond acceptors (Lipinski definition) is 8. The van der Waals surface area contributed by atoms with E-state index in [0.29, 0.717) is 42.3 Å². The summed E-state index contributed by atoms with van der Waals surface area (Å²) in [6.07, 6.45) is 15.3. The molecule has 64 heavy (non-hydrogen) atoms. The second-order valence-electron chi connectivity index (χ2n) is 18.6. The van der Waals surface area contributed by atoms with Crippen LogP contribution in [0, 0.1) is 11.8 Å². The summed E-state index contributed by atoms with van der Waals surface area (Å²) in [6, 6.07) is 25.3. The molecule has 5 amide bonds. The van der Waals surface area contributed by atoms with Crippen LogP contribution >= 0.6 is 0 Å². The van der Waals surface area contributed by atoms with Crippen LogP contribution in [0.25, 0.3) is 11.1 Å². The fourth-order valence-electron chi connectivity index (χ4n) is 9.81. The lowest BCUT2D eigenvalue weighted by molar-refractivity contribution is -0.133. The van der Waals surface area contributed by atoms with Gasteiger partial charge in [0.1, 0.15) is 5.52 Å². The maximum atomic E-state index is 14.2. The number of methoxy groups -OCH3 is 1. The second kappa shape index (κ2) is 21.5. The number of aromatic nitrogens is 1. The minimum Gasteiger partial charge on any atom is -0.423 e. The van der Waals surface area contributed by atoms with Gasteiger partial charge in [0.2, 0.25) is 11.8 Å². The fraction of sp³-hybridized carbons (Fsp3) is 0.549. The summed E-state index contributed by atoms with van der Waals surface area (Å²) in [5.74, 6) is -1.55. The summed E-state index contributed by atoms with van der Waals surface area (Å²) < 4.78 is 11.9. The fourth-order valence-corrected chi connectivity index (χ4v) is 9.81. The third kappa shape index (κ3) is 11.4. The summed E-state index contributed by atoms with van der Waals surface area (Å²) in [5, 5.41) is 12.5. The Morgan fingerprint density at radius 1 is 0.672 bits per heavy atom. The number of oxazole rings is 1. The van der Waals surface area contributed by atoms with Crippen molar-refractivity contribution in [2.75, 3.05) is 44.7 Å². The number of amides is 5. The van der Waals surface area contributed by atoms with Gasteiger partial charge in [0.15, 0.2) is 5.58 Å². The highest BCUT2D eigenvalue weighted by Gasteiger charge is 2.49. The molecule has 0 spiro atoms. The summed E-state index contributed by atoms with van der Waals surface area (Å²) in [4.78, 5) is 63.3. The predicted octanol–water partition coefficient (Wildman–Crippen LogP) is 7.67. The molecular weight excluding hydrogens is 807 g/mol. The number of urea groups is 1. The largest absolute Gasteiger partial charge is 0.423 e. The van der Waals surface area contributed by atoms with Gasteiger partial charge in [-0.3, -0.25) is 14.4 Å². The molecule has 2 aliphatic carbocycles. The number of carbonyl (C=O) groups is 4. The highest BCUT2D eigenvalue weighted by atomic mass is 16.5. The summed E-state index contributed by atoms with van der Waals surface area (Å²) in [6.45, 7) is 4.07. The summed E-state index contributed by atoms with van der Waals surface area (Å²) in [5.41, 5.74) is 3.80. The van der Waals surface area contributed by atoms with E-state index in [-0.39, 0.29) is 72.9 Å². The predicted molar refractivity (Wildman–Crippen MR) is 248 cm³/mol. The van der Waals surface area contributed by atoms with Crippen molar-refractivity contribution in [2.24, 2.45) is 11.8 Å². The van der Waals surface area contributed by atoms with E-state index >= 15 is 0 Å². The van der Waals surface area contributed by atoms with Gasteiger partial charge in [0.05, 0.1) is 30.5 Å². The Morgan fingerprint density at radius 3 is 1.80 bits per heavy atom. The Balaban J connectivity index is 0.843. The molecule has 4 aromatic rings. The lowest BCUT2D eigenvalue weighted by atomic mass is 9.94. The van der Waals surface area contributed by atoms with Gasteiger partial charge in [-0.15, -0.1) is 0 Å². The van der Waals surface area contributed by atoms with Crippen LogP contribution in [0.3, 0.4) is 0 Å². The number of unbranched alkanes of at least 4 members (excludes halogenated alkanes) is 10. The highest BCUT2D eigenvalue weighted by Crippen LogP contribution is 2.43. The van der Waals surface area contributed by atoms with Crippen molar-refractivity contribution < 1.29 is 28.3 Å². The van der Waals surface area contributed by atoms with E-state index < -0.39 is 11.8 Å². The van der Waals surface area contributed by atoms with Crippen molar-refractivity contribution in [1.29, 1.82) is 0 Å². The van der Waals surface area contributed by atoms with Crippen molar-refractivity contribution in [1.82, 2.24) is 31.2 Å². The van der Waals surface area contributed by atoms with Crippen LogP contribution in [0.1, 0.15) is 124 Å². The molecule has 2 saturated heterocycles. The van der Waals surface area contributed by atoms with Crippen molar-refractivity contribution in [3.63, 3.8) is 0 Å². The molecule has 1 aromatic heterocycles. The zero-order valence-electron chi connectivity index (χ0n) is 37.6. The van der Waals surface area contributed by atoms with Gasteiger partial charge in [0, 0.05) is 62.8 Å². The molecule has 2 aliphatic heterocycles. The standard InChI is InChI=1S/C51H67N7O6/c1-3-4-5-6-7-8-9-10-11-12-19-26-52-50(62)55-44-32-58(33-46(44)63-2)51-56-43-27-36(24-25-45(43)64-51)49(61)57-30-39(47(59)53-41-28-37(41)34-20-15-13-16-21-34)40(31-57)48(60)54-42-29-38(42)35-22-17-14-18-23-35/h13-18,20-25,27,37-42,44,46H,3-12,19,26,28-33H2,1-2H3,(H,53,59)(H,54,60)(H2,52,55,62)/t37-,38-,39-,40-,41+,42+,44+,46+/m1/s1. The molecule has 0 bridgehead atoms. The monoisotopic (exact) mass is 874 g/mol. The zero-order chi connectivity index (χ0) is 44.4. The lowest BCUT2D eigenvalue weighted by Crippen LogP contribution is -2.48. The van der Waals surface area contributed by atoms with Crippen molar-refractivity contribution in [3.05, 3.63) is 95.6 Å². The quantitative estimate of drug-likeness (QED) is 0.0586. The van der Waals surface area contributed by atoms with Crippen LogP contribution in [-0.4, -0.2) is 97.7 Å². The Labute approximate surface area is 377 Å². The Bertz CT molecular complexity index is 2110. The smallest absolute Gasteiger partial charge is 0.315 e. The average molecular weight is 874 g/mol. The van der Waals surface area contributed by atoms with Gasteiger partial charge in [-0.2, -0.15) is 4.98 Å². The van der Waals surface area contributed by atoms with Crippen molar-refractivity contribution in [2.45, 2.75) is 126 Å². The average Bonchev–Trinajstić information content (AvgIpc) is 4.07. The van der Waals surface area contributed by atoms with E-state index in [1.54, 1.807) is 30.2 Å². The second-order valence-corrected chi connectivity index (χ2v) is 18.6. The minimum atomic E-state index is -0.686. The topological polar surface area (TPSA) is 158 Å². The van der Waals surface area contributed by atoms with Crippen LogP contribution < -0.4 is 26.2 Å². The summed E-state index contributed by atoms with van der Waals surface area (Å²) >= 11 is 0. The van der Waals surface area contributed by atoms with Crippen molar-refractivity contribution in [3.8, 4) is 0 Å². The molecule has 13 heteroatoms. The number of carbonyl (C=O) groups excluding carboxylic acids is 4. The number of likely N-dealkylation sites (tertiary alicyclic amines) is 1. The van der Waals surface area contributed by atoms with Crippen LogP contribution in [0.2, 0.25) is 0 Å². The molecule has 3 heterocycles. The molecule has 2 saturated carbocycles. The minimum absolute atomic E-state index is 0.0000727. The number of benzene rings is 3. The molecule has 8 atom stereocenters. The Kier molecular flexibility index (Phi) is 15.2. The van der Waals surface area contributed by atoms with Crippen LogP contribution in [-0.2, 0) is 14.3 Å². The number of ether oxygens (including phenoxy) is 1. The first-order valence-electron chi connectivity index (χ1n) is 24.0. The van der Waals surface area contributed by atoms with E-state index in [4.69, 9.17) is 14.1 Å². The first-order chi connectivity index (χ1) is 31.3. The van der Waals surface area contributed by atoms with Gasteiger partial charge in [0.25, 0.3) is 11.9 Å². The van der Waals surface area contributed by atoms with Gasteiger partial charge in [-0.25, -0.2) is 4.79 Å². The van der Waals surface area contributed by atoms with E-state index in [9.17, 15) is 19.2 Å². The van der Waals surface area contributed by atoms with Crippen LogP contribution in [0.15, 0.2) is 83.3 Å². The molecule has 13 nitrogen and oxygen atoms in total. The van der Waals surface area contributed by atoms with Gasteiger partial charge in [-0.05, 0) is 48.6 Å². The molecule has 4 fully saturated rings. The highest BCUT2D eigenvalue weighted by molar-refractivity contribution is 5.99. The van der Waals surface area contributed by atoms with E-state index in [1.165, 1.54) is 68.9 Å². The van der Waals surface area contributed by atoms with Crippen LogP contribution in [0.5, 0.6) is 0 Å². The SMILES string of the molecule is CCCCCCCCCCCCCNC(=O)N[C@H]1CN(c2nc3cc(C(=O)N4C[C@@H](C(=O)N[C@H]5C[C@@H]5c5ccccc5)[C@H](C(=O)N[C@H]5C[C@@H]5c5ccccc5)C4)ccc3o2)C[C@@H]1OC. The molecule has 0 radical (unpaired) electrons. The van der Waals surface area contributed by atoms with Gasteiger partial charge >= 0.3 is 6.03 Å². The maximum absolute atomic E-state index is 14.2. The lowest BCUT2D eigenvalue weighted by Gasteiger charge is -2.18. The van der Waals surface area contributed by atoms with E-state index in [2.05, 4.69) is 52.5 Å². The number of rotatable bonds is 22. The molecule has 342 valence electrons. The van der Waals surface area contributed by atoms with Gasteiger partial charge in [-0.1, -0.05) is 132 Å². The van der Waals surface area contributed by atoms with E-state index in [0.717, 1.165) is 25.7 Å². The number of hydrogen-bond donors (Lipinski definition) is 4. The third-order valence-electron chi connectivity index (χ3n) is 13.8. The Hall–Kier alpha value is -5.43. The molecule has 0 unspecified atom stereocenters. The molecular formula is C51H67N7O6. The third-order valence-corrected chi connectivity index (χ3v) is 13.8. The van der Waals surface area contributed by atoms with Crippen molar-refractivity contribution >= 4 is 40.9 Å². The molecule has 8 rings (SSSR count). The molecule has 3 aromatic carbocycles.